The van der Waals surface area contributed by atoms with E-state index < -0.39 is 20.0 Å². The Labute approximate surface area is 513 Å². The Morgan fingerprint density at radius 1 is 0.402 bits per heavy atom. The molecule has 0 aromatic heterocycles. The average Bonchev–Trinajstić information content (AvgIpc) is 3.45. The van der Waals surface area contributed by atoms with Crippen molar-refractivity contribution in [2.24, 2.45) is 0 Å². The standard InChI is InChI=1S/C73H145N2O6P/c1-6-8-10-12-14-16-18-20-22-24-26-28-30-32-33-34-35-36-37-38-39-40-41-43-45-47-49-51-53-55-57-59-61-63-65-67-73(77)74-71(70-81-82(78,79)80-69-68-75(3,4)5)72(76)66-64-62-60-58-56-54-52-50-48-46-44-42-31-29-27-25-23-21-19-17-15-13-11-9-7-2/h24,26,64,66,71-72,76H,6-23,25,27-63,65,67-70H2,1-5H3,(H-,74,77,78,79)/p+1/b26-24-,66-64+. The molecule has 3 N–H and O–H groups in total. The number of aliphatic hydroxyl groups is 1. The number of phosphoric acid groups is 1. The van der Waals surface area contributed by atoms with Gasteiger partial charge in [0.1, 0.15) is 13.2 Å². The molecule has 0 fully saturated rings. The Balaban J connectivity index is 3.97. The predicted octanol–water partition coefficient (Wildman–Crippen LogP) is 23.4. The molecular weight excluding hydrogens is 1030 g/mol. The van der Waals surface area contributed by atoms with E-state index >= 15 is 0 Å². The number of hydrogen-bond acceptors (Lipinski definition) is 5. The first-order valence-electron chi connectivity index (χ1n) is 36.7. The number of phosphoric ester groups is 1. The Morgan fingerprint density at radius 2 is 0.659 bits per heavy atom. The summed E-state index contributed by atoms with van der Waals surface area (Å²) in [7, 11) is 1.59. The number of allylic oxidation sites excluding steroid dienone is 3. The smallest absolute Gasteiger partial charge is 0.387 e. The molecule has 1 amide bonds. The van der Waals surface area contributed by atoms with Crippen LogP contribution in [0.4, 0.5) is 0 Å². The number of carbonyl (C=O) groups is 1. The van der Waals surface area contributed by atoms with Crippen LogP contribution >= 0.6 is 7.82 Å². The quantitative estimate of drug-likeness (QED) is 0.0243. The van der Waals surface area contributed by atoms with Gasteiger partial charge in [-0.25, -0.2) is 4.57 Å². The Hall–Kier alpha value is -1.02. The minimum atomic E-state index is -4.35. The summed E-state index contributed by atoms with van der Waals surface area (Å²) >= 11 is 0. The number of nitrogens with one attached hydrogen (secondary N) is 1. The van der Waals surface area contributed by atoms with E-state index in [9.17, 15) is 19.4 Å². The number of carbonyl (C=O) groups excluding carboxylic acids is 1. The second-order valence-corrected chi connectivity index (χ2v) is 28.1. The average molecular weight is 1180 g/mol. The van der Waals surface area contributed by atoms with Gasteiger partial charge in [-0.15, -0.1) is 0 Å². The van der Waals surface area contributed by atoms with E-state index in [4.69, 9.17) is 9.05 Å². The molecule has 3 unspecified atom stereocenters. The van der Waals surface area contributed by atoms with E-state index in [1.807, 2.05) is 27.2 Å². The van der Waals surface area contributed by atoms with E-state index in [0.717, 1.165) is 32.1 Å². The van der Waals surface area contributed by atoms with E-state index in [2.05, 4.69) is 31.3 Å². The van der Waals surface area contributed by atoms with Gasteiger partial charge in [-0.3, -0.25) is 13.8 Å². The highest BCUT2D eigenvalue weighted by atomic mass is 31.2. The van der Waals surface area contributed by atoms with Crippen molar-refractivity contribution in [2.45, 2.75) is 398 Å². The summed E-state index contributed by atoms with van der Waals surface area (Å²) in [6, 6.07) is -0.845. The molecule has 0 aliphatic carbocycles. The summed E-state index contributed by atoms with van der Waals surface area (Å²) in [6.45, 7) is 4.88. The Kier molecular flexibility index (Phi) is 63.7. The zero-order valence-electron chi connectivity index (χ0n) is 56.0. The molecule has 0 bridgehead atoms. The summed E-state index contributed by atoms with van der Waals surface area (Å²) < 4.78 is 23.8. The molecular formula is C73H146N2O6P+. The SMILES string of the molecule is CCCCCCCCCC/C=C\CCCCCCCCCCCCCCCCCCCCCCCCCC(=O)NC(COP(=O)(O)OCC[N+](C)(C)C)C(O)/C=C/CCCCCCCCCCCCCCCCCCCCCCCCC. The van der Waals surface area contributed by atoms with E-state index in [1.165, 1.54) is 334 Å². The fourth-order valence-corrected chi connectivity index (χ4v) is 12.2. The highest BCUT2D eigenvalue weighted by Crippen LogP contribution is 2.43. The molecule has 0 aliphatic rings. The first kappa shape index (κ1) is 81.0. The molecule has 0 aliphatic heterocycles. The van der Waals surface area contributed by atoms with Gasteiger partial charge in [-0.1, -0.05) is 359 Å². The third kappa shape index (κ3) is 66.5. The van der Waals surface area contributed by atoms with Crippen molar-refractivity contribution >= 4 is 13.7 Å². The van der Waals surface area contributed by atoms with Crippen LogP contribution in [0.5, 0.6) is 0 Å². The fraction of sp³-hybridized carbons (Fsp3) is 0.932. The fourth-order valence-electron chi connectivity index (χ4n) is 11.5. The minimum Gasteiger partial charge on any atom is -0.387 e. The van der Waals surface area contributed by atoms with Gasteiger partial charge in [0.15, 0.2) is 0 Å². The molecule has 0 saturated carbocycles. The van der Waals surface area contributed by atoms with E-state index in [0.29, 0.717) is 17.4 Å². The molecule has 0 rings (SSSR count). The maximum atomic E-state index is 13.1. The lowest BCUT2D eigenvalue weighted by Crippen LogP contribution is -2.45. The van der Waals surface area contributed by atoms with Crippen molar-refractivity contribution in [1.29, 1.82) is 0 Å². The van der Waals surface area contributed by atoms with Gasteiger partial charge < -0.3 is 19.8 Å². The van der Waals surface area contributed by atoms with E-state index in [-0.39, 0.29) is 19.1 Å². The number of aliphatic hydroxyl groups excluding tert-OH is 1. The molecule has 0 aromatic rings. The topological polar surface area (TPSA) is 105 Å². The molecule has 0 radical (unpaired) electrons. The van der Waals surface area contributed by atoms with Gasteiger partial charge in [0.2, 0.25) is 5.91 Å². The van der Waals surface area contributed by atoms with Gasteiger partial charge in [0.25, 0.3) is 0 Å². The number of rotatable bonds is 69. The van der Waals surface area contributed by atoms with Crippen molar-refractivity contribution in [3.63, 3.8) is 0 Å². The van der Waals surface area contributed by atoms with Gasteiger partial charge in [-0.2, -0.15) is 0 Å². The molecule has 0 heterocycles. The van der Waals surface area contributed by atoms with Crippen LogP contribution in [0.1, 0.15) is 386 Å². The summed E-state index contributed by atoms with van der Waals surface area (Å²) in [6.07, 6.45) is 84.9. The maximum Gasteiger partial charge on any atom is 0.472 e. The van der Waals surface area contributed by atoms with Crippen LogP contribution in [0.2, 0.25) is 0 Å². The lowest BCUT2D eigenvalue weighted by molar-refractivity contribution is -0.870. The van der Waals surface area contributed by atoms with Gasteiger partial charge in [0, 0.05) is 6.42 Å². The van der Waals surface area contributed by atoms with E-state index in [1.54, 1.807) is 6.08 Å². The van der Waals surface area contributed by atoms with Crippen LogP contribution in [-0.4, -0.2) is 73.4 Å². The molecule has 8 nitrogen and oxygen atoms in total. The normalized spacial score (nSPS) is 13.7. The van der Waals surface area contributed by atoms with Gasteiger partial charge in [0.05, 0.1) is 39.9 Å². The van der Waals surface area contributed by atoms with Crippen LogP contribution in [0.15, 0.2) is 24.3 Å². The second-order valence-electron chi connectivity index (χ2n) is 26.7. The summed E-state index contributed by atoms with van der Waals surface area (Å²) in [5, 5.41) is 14.0. The van der Waals surface area contributed by atoms with Crippen LogP contribution in [0, 0.1) is 0 Å². The van der Waals surface area contributed by atoms with Crippen LogP contribution in [0.25, 0.3) is 0 Å². The lowest BCUT2D eigenvalue weighted by atomic mass is 10.0. The number of nitrogens with zero attached hydrogens (tertiary/aromatic N) is 1. The number of hydrogen-bond donors (Lipinski definition) is 3. The summed E-state index contributed by atoms with van der Waals surface area (Å²) in [4.78, 5) is 23.4. The summed E-state index contributed by atoms with van der Waals surface area (Å²) in [5.41, 5.74) is 0. The molecule has 82 heavy (non-hydrogen) atoms. The van der Waals surface area contributed by atoms with Crippen molar-refractivity contribution in [3.05, 3.63) is 24.3 Å². The molecule has 0 saturated heterocycles. The number of quaternary nitrogens is 1. The van der Waals surface area contributed by atoms with Crippen molar-refractivity contribution in [2.75, 3.05) is 40.9 Å². The van der Waals surface area contributed by atoms with Crippen LogP contribution in [0.3, 0.4) is 0 Å². The first-order chi connectivity index (χ1) is 40.0. The highest BCUT2D eigenvalue weighted by Gasteiger charge is 2.28. The van der Waals surface area contributed by atoms with Crippen molar-refractivity contribution < 1.29 is 32.9 Å². The Morgan fingerprint density at radius 3 is 0.939 bits per heavy atom. The van der Waals surface area contributed by atoms with Crippen molar-refractivity contribution in [3.8, 4) is 0 Å². The minimum absolute atomic E-state index is 0.0647. The third-order valence-electron chi connectivity index (χ3n) is 17.2. The zero-order valence-corrected chi connectivity index (χ0v) is 56.9. The molecule has 3 atom stereocenters. The lowest BCUT2D eigenvalue weighted by Gasteiger charge is -2.25. The third-order valence-corrected chi connectivity index (χ3v) is 18.1. The number of unbranched alkanes of at least 4 members (excludes halogenated alkanes) is 54. The maximum absolute atomic E-state index is 13.1. The number of amides is 1. The summed E-state index contributed by atoms with van der Waals surface area (Å²) in [5.74, 6) is -0.167. The van der Waals surface area contributed by atoms with Crippen LogP contribution in [-0.2, 0) is 18.4 Å². The zero-order chi connectivity index (χ0) is 59.8. The Bertz CT molecular complexity index is 1390. The second kappa shape index (κ2) is 64.5. The van der Waals surface area contributed by atoms with Crippen LogP contribution < -0.4 is 5.32 Å². The van der Waals surface area contributed by atoms with Crippen molar-refractivity contribution in [1.82, 2.24) is 5.32 Å². The number of likely N-dealkylation sites (N-methyl/N-ethyl adjacent to an activating group) is 1. The highest BCUT2D eigenvalue weighted by molar-refractivity contribution is 7.47. The molecule has 0 aromatic carbocycles. The monoisotopic (exact) mass is 1180 g/mol. The largest absolute Gasteiger partial charge is 0.472 e. The molecule has 488 valence electrons. The first-order valence-corrected chi connectivity index (χ1v) is 38.2. The van der Waals surface area contributed by atoms with Gasteiger partial charge in [-0.05, 0) is 44.9 Å². The van der Waals surface area contributed by atoms with Gasteiger partial charge >= 0.3 is 7.82 Å². The predicted molar refractivity (Wildman–Crippen MR) is 360 cm³/mol. The molecule has 9 heteroatoms. The molecule has 0 spiro atoms.